The van der Waals surface area contributed by atoms with Gasteiger partial charge in [0.15, 0.2) is 0 Å². The molecule has 1 saturated carbocycles. The summed E-state index contributed by atoms with van der Waals surface area (Å²) in [6.45, 7) is 0.472. The van der Waals surface area contributed by atoms with E-state index in [2.05, 4.69) is 39.5 Å². The standard InChI is InChI=1S/C19H24N4O/c1-22-12-11-20-18(22)13-21-19(24)23(15-9-10-15)17-8-4-6-14-5-2-3-7-16(14)17/h2-3,5,7,11-12,15,17H,4,6,8-10,13H2,1H3,(H,21,24)/t17-/m0/s1. The second-order valence-electron chi connectivity index (χ2n) is 6.86. The van der Waals surface area contributed by atoms with Crippen LogP contribution in [0, 0.1) is 0 Å². The quantitative estimate of drug-likeness (QED) is 0.939. The van der Waals surface area contributed by atoms with E-state index >= 15 is 0 Å². The van der Waals surface area contributed by atoms with Gasteiger partial charge in [0.2, 0.25) is 0 Å². The van der Waals surface area contributed by atoms with Gasteiger partial charge in [-0.2, -0.15) is 0 Å². The summed E-state index contributed by atoms with van der Waals surface area (Å²) >= 11 is 0. The van der Waals surface area contributed by atoms with E-state index in [1.165, 1.54) is 11.1 Å². The van der Waals surface area contributed by atoms with Crippen molar-refractivity contribution in [3.05, 3.63) is 53.6 Å². The van der Waals surface area contributed by atoms with E-state index in [1.807, 2.05) is 17.8 Å². The fourth-order valence-corrected chi connectivity index (χ4v) is 3.74. The van der Waals surface area contributed by atoms with Crippen LogP contribution >= 0.6 is 0 Å². The Balaban J connectivity index is 1.53. The Hall–Kier alpha value is -2.30. The van der Waals surface area contributed by atoms with Crippen molar-refractivity contribution in [1.29, 1.82) is 0 Å². The van der Waals surface area contributed by atoms with Gasteiger partial charge in [-0.1, -0.05) is 24.3 Å². The summed E-state index contributed by atoms with van der Waals surface area (Å²) in [5.74, 6) is 0.878. The van der Waals surface area contributed by atoms with Crippen LogP contribution in [-0.2, 0) is 20.0 Å². The molecule has 1 fully saturated rings. The van der Waals surface area contributed by atoms with Gasteiger partial charge in [-0.15, -0.1) is 0 Å². The van der Waals surface area contributed by atoms with Crippen molar-refractivity contribution >= 4 is 6.03 Å². The molecular formula is C19H24N4O. The van der Waals surface area contributed by atoms with E-state index in [0.29, 0.717) is 12.6 Å². The molecule has 0 bridgehead atoms. The summed E-state index contributed by atoms with van der Waals surface area (Å²) < 4.78 is 1.94. The number of rotatable bonds is 4. The first-order chi connectivity index (χ1) is 11.7. The number of urea groups is 1. The number of carbonyl (C=O) groups excluding carboxylic acids is 1. The van der Waals surface area contributed by atoms with Gasteiger partial charge in [-0.25, -0.2) is 9.78 Å². The predicted octanol–water partition coefficient (Wildman–Crippen LogP) is 3.17. The fraction of sp³-hybridized carbons (Fsp3) is 0.474. The molecule has 24 heavy (non-hydrogen) atoms. The fourth-order valence-electron chi connectivity index (χ4n) is 3.74. The molecule has 0 unspecified atom stereocenters. The molecule has 4 rings (SSSR count). The molecule has 5 nitrogen and oxygen atoms in total. The third-order valence-corrected chi connectivity index (χ3v) is 5.17. The minimum Gasteiger partial charge on any atom is -0.337 e. The topological polar surface area (TPSA) is 50.2 Å². The average molecular weight is 324 g/mol. The number of benzene rings is 1. The Morgan fingerprint density at radius 1 is 1.33 bits per heavy atom. The average Bonchev–Trinajstić information content (AvgIpc) is 3.35. The Bertz CT molecular complexity index is 734. The van der Waals surface area contributed by atoms with Crippen LogP contribution in [0.5, 0.6) is 0 Å². The highest BCUT2D eigenvalue weighted by atomic mass is 16.2. The number of aryl methyl sites for hydroxylation is 2. The smallest absolute Gasteiger partial charge is 0.318 e. The molecule has 5 heteroatoms. The van der Waals surface area contributed by atoms with E-state index in [4.69, 9.17) is 0 Å². The predicted molar refractivity (Wildman–Crippen MR) is 92.4 cm³/mol. The van der Waals surface area contributed by atoms with Crippen molar-refractivity contribution in [2.24, 2.45) is 7.05 Å². The molecular weight excluding hydrogens is 300 g/mol. The molecule has 1 aromatic heterocycles. The maximum Gasteiger partial charge on any atom is 0.318 e. The number of nitrogens with one attached hydrogen (secondary N) is 1. The van der Waals surface area contributed by atoms with Crippen molar-refractivity contribution in [3.8, 4) is 0 Å². The SMILES string of the molecule is Cn1ccnc1CNC(=O)N(C1CC1)[C@H]1CCCc2ccccc21. The molecule has 126 valence electrons. The highest BCUT2D eigenvalue weighted by Crippen LogP contribution is 2.40. The first-order valence-electron chi connectivity index (χ1n) is 8.84. The maximum absolute atomic E-state index is 12.9. The summed E-state index contributed by atoms with van der Waals surface area (Å²) in [6.07, 6.45) is 9.24. The van der Waals surface area contributed by atoms with Gasteiger partial charge >= 0.3 is 6.03 Å². The summed E-state index contributed by atoms with van der Waals surface area (Å²) in [6, 6.07) is 9.24. The van der Waals surface area contributed by atoms with Crippen LogP contribution in [-0.4, -0.2) is 26.5 Å². The molecule has 2 amide bonds. The highest BCUT2D eigenvalue weighted by Gasteiger charge is 2.39. The lowest BCUT2D eigenvalue weighted by atomic mass is 9.87. The van der Waals surface area contributed by atoms with Crippen LogP contribution in [0.1, 0.15) is 48.7 Å². The van der Waals surface area contributed by atoms with Crippen molar-refractivity contribution in [2.75, 3.05) is 0 Å². The molecule has 1 heterocycles. The van der Waals surface area contributed by atoms with Gasteiger partial charge in [-0.05, 0) is 43.2 Å². The first-order valence-corrected chi connectivity index (χ1v) is 8.84. The van der Waals surface area contributed by atoms with Gasteiger partial charge < -0.3 is 14.8 Å². The lowest BCUT2D eigenvalue weighted by molar-refractivity contribution is 0.161. The Kier molecular flexibility index (Phi) is 4.00. The number of imidazole rings is 1. The second kappa shape index (κ2) is 6.30. The van der Waals surface area contributed by atoms with E-state index in [1.54, 1.807) is 6.20 Å². The normalized spacial score (nSPS) is 19.6. The number of hydrogen-bond donors (Lipinski definition) is 1. The number of nitrogens with zero attached hydrogens (tertiary/aromatic N) is 3. The van der Waals surface area contributed by atoms with Crippen molar-refractivity contribution < 1.29 is 4.79 Å². The molecule has 0 radical (unpaired) electrons. The van der Waals surface area contributed by atoms with Crippen LogP contribution < -0.4 is 5.32 Å². The van der Waals surface area contributed by atoms with Gasteiger partial charge in [0, 0.05) is 25.5 Å². The summed E-state index contributed by atoms with van der Waals surface area (Å²) in [7, 11) is 1.95. The number of aromatic nitrogens is 2. The maximum atomic E-state index is 12.9. The number of fused-ring (bicyclic) bond motifs is 1. The molecule has 2 aliphatic carbocycles. The minimum atomic E-state index is 0.0437. The third kappa shape index (κ3) is 2.90. The molecule has 0 spiro atoms. The molecule has 0 aliphatic heterocycles. The van der Waals surface area contributed by atoms with E-state index in [9.17, 15) is 4.79 Å². The third-order valence-electron chi connectivity index (χ3n) is 5.17. The monoisotopic (exact) mass is 324 g/mol. The van der Waals surface area contributed by atoms with Crippen molar-refractivity contribution in [3.63, 3.8) is 0 Å². The zero-order valence-corrected chi connectivity index (χ0v) is 14.1. The second-order valence-corrected chi connectivity index (χ2v) is 6.86. The van der Waals surface area contributed by atoms with Gasteiger partial charge in [-0.3, -0.25) is 0 Å². The zero-order valence-electron chi connectivity index (χ0n) is 14.1. The number of carbonyl (C=O) groups is 1. The van der Waals surface area contributed by atoms with Crippen LogP contribution in [0.2, 0.25) is 0 Å². The Morgan fingerprint density at radius 3 is 2.92 bits per heavy atom. The van der Waals surface area contributed by atoms with Crippen LogP contribution in [0.4, 0.5) is 4.79 Å². The lowest BCUT2D eigenvalue weighted by Gasteiger charge is -2.36. The largest absolute Gasteiger partial charge is 0.337 e. The molecule has 0 saturated heterocycles. The Morgan fingerprint density at radius 2 is 2.17 bits per heavy atom. The number of amides is 2. The molecule has 2 aromatic rings. The molecule has 1 atom stereocenters. The van der Waals surface area contributed by atoms with Gasteiger partial charge in [0.1, 0.15) is 5.82 Å². The van der Waals surface area contributed by atoms with Gasteiger partial charge in [0.05, 0.1) is 12.6 Å². The van der Waals surface area contributed by atoms with Crippen LogP contribution in [0.3, 0.4) is 0 Å². The molecule has 2 aliphatic rings. The molecule has 1 N–H and O–H groups in total. The zero-order chi connectivity index (χ0) is 16.5. The minimum absolute atomic E-state index is 0.0437. The Labute approximate surface area is 142 Å². The van der Waals surface area contributed by atoms with Crippen molar-refractivity contribution in [2.45, 2.75) is 50.7 Å². The summed E-state index contributed by atoms with van der Waals surface area (Å²) in [4.78, 5) is 19.3. The van der Waals surface area contributed by atoms with E-state index in [0.717, 1.165) is 37.9 Å². The van der Waals surface area contributed by atoms with Crippen LogP contribution in [0.15, 0.2) is 36.7 Å². The molecule has 1 aromatic carbocycles. The van der Waals surface area contributed by atoms with E-state index in [-0.39, 0.29) is 12.1 Å². The van der Waals surface area contributed by atoms with E-state index < -0.39 is 0 Å². The van der Waals surface area contributed by atoms with Gasteiger partial charge in [0.25, 0.3) is 0 Å². The number of hydrogen-bond acceptors (Lipinski definition) is 2. The lowest BCUT2D eigenvalue weighted by Crippen LogP contribution is -2.44. The first kappa shape index (κ1) is 15.2. The van der Waals surface area contributed by atoms with Crippen LogP contribution in [0.25, 0.3) is 0 Å². The summed E-state index contributed by atoms with van der Waals surface area (Å²) in [5, 5.41) is 3.08. The highest BCUT2D eigenvalue weighted by molar-refractivity contribution is 5.75. The summed E-state index contributed by atoms with van der Waals surface area (Å²) in [5.41, 5.74) is 2.74. The van der Waals surface area contributed by atoms with Crippen molar-refractivity contribution in [1.82, 2.24) is 19.8 Å².